The largest absolute Gasteiger partial charge is 0.484 e. The zero-order chi connectivity index (χ0) is 17.4. The monoisotopic (exact) mass is 344 g/mol. The maximum absolute atomic E-state index is 11.9. The minimum absolute atomic E-state index is 0.0562. The van der Waals surface area contributed by atoms with Gasteiger partial charge >= 0.3 is 0 Å². The Hall–Kier alpha value is -2.44. The second-order valence-electron chi connectivity index (χ2n) is 5.15. The van der Waals surface area contributed by atoms with Gasteiger partial charge in [0.05, 0.1) is 6.61 Å². The molecule has 0 unspecified atom stereocenters. The first-order chi connectivity index (χ1) is 11.6. The molecule has 2 aromatic carbocycles. The van der Waals surface area contributed by atoms with Gasteiger partial charge in [-0.3, -0.25) is 10.1 Å². The van der Waals surface area contributed by atoms with Gasteiger partial charge in [-0.2, -0.15) is 0 Å². The zero-order valence-electron chi connectivity index (χ0n) is 13.4. The Morgan fingerprint density at radius 1 is 1.17 bits per heavy atom. The lowest BCUT2D eigenvalue weighted by molar-refractivity contribution is -0.121. The van der Waals surface area contributed by atoms with Crippen LogP contribution in [0.25, 0.3) is 0 Å². The predicted molar refractivity (Wildman–Crippen MR) is 98.0 cm³/mol. The van der Waals surface area contributed by atoms with Crippen LogP contribution in [0.3, 0.4) is 0 Å². The van der Waals surface area contributed by atoms with Crippen LogP contribution in [0.2, 0.25) is 0 Å². The normalized spacial score (nSPS) is 10.1. The molecule has 0 fully saturated rings. The quantitative estimate of drug-likeness (QED) is 0.703. The molecule has 2 aromatic rings. The van der Waals surface area contributed by atoms with Crippen LogP contribution in [0.4, 0.5) is 5.69 Å². The molecular formula is C18H20N2O3S. The van der Waals surface area contributed by atoms with Gasteiger partial charge < -0.3 is 15.2 Å². The molecule has 0 aromatic heterocycles. The number of carbonyl (C=O) groups is 1. The maximum atomic E-state index is 11.9. The summed E-state index contributed by atoms with van der Waals surface area (Å²) in [6.07, 6.45) is 0.957. The molecule has 5 nitrogen and oxygen atoms in total. The summed E-state index contributed by atoms with van der Waals surface area (Å²) >= 11 is 5.09. The number of hydrogen-bond acceptors (Lipinski definition) is 4. The second-order valence-corrected chi connectivity index (χ2v) is 5.56. The highest BCUT2D eigenvalue weighted by molar-refractivity contribution is 7.80. The van der Waals surface area contributed by atoms with E-state index in [2.05, 4.69) is 17.6 Å². The number of amides is 1. The third-order valence-corrected chi connectivity index (χ3v) is 3.53. The Bertz CT molecular complexity index is 702. The molecule has 3 N–H and O–H groups in total. The fraction of sp³-hybridized carbons (Fsp3) is 0.222. The lowest BCUT2D eigenvalue weighted by atomic mass is 10.2. The van der Waals surface area contributed by atoms with Gasteiger partial charge in [0.2, 0.25) is 0 Å². The molecule has 2 rings (SSSR count). The molecule has 0 saturated carbocycles. The second kappa shape index (κ2) is 9.00. The lowest BCUT2D eigenvalue weighted by Gasteiger charge is -2.11. The molecule has 0 atom stereocenters. The van der Waals surface area contributed by atoms with Gasteiger partial charge in [0.25, 0.3) is 5.91 Å². The van der Waals surface area contributed by atoms with Crippen molar-refractivity contribution >= 4 is 28.9 Å². The highest BCUT2D eigenvalue weighted by Gasteiger charge is 2.06. The van der Waals surface area contributed by atoms with E-state index in [1.807, 2.05) is 24.3 Å². The van der Waals surface area contributed by atoms with Gasteiger partial charge in [0.15, 0.2) is 11.7 Å². The van der Waals surface area contributed by atoms with Crippen molar-refractivity contribution in [1.82, 2.24) is 5.32 Å². The summed E-state index contributed by atoms with van der Waals surface area (Å²) in [5.74, 6) is 0.294. The Morgan fingerprint density at radius 3 is 2.58 bits per heavy atom. The van der Waals surface area contributed by atoms with Crippen LogP contribution < -0.4 is 15.4 Å². The van der Waals surface area contributed by atoms with Gasteiger partial charge in [-0.25, -0.2) is 0 Å². The Morgan fingerprint density at radius 2 is 1.92 bits per heavy atom. The Labute approximate surface area is 146 Å². The van der Waals surface area contributed by atoms with Gasteiger partial charge in [-0.05, 0) is 54.0 Å². The van der Waals surface area contributed by atoms with Crippen molar-refractivity contribution in [2.24, 2.45) is 0 Å². The standard InChI is InChI=1S/C18H20N2O3S/c1-2-13-6-8-16(9-7-13)23-12-17(22)20-18(24)19-15-5-3-4-14(10-15)11-21/h3-10,21H,2,11-12H2,1H3,(H2,19,20,22,24). The van der Waals surface area contributed by atoms with Crippen molar-refractivity contribution in [2.45, 2.75) is 20.0 Å². The summed E-state index contributed by atoms with van der Waals surface area (Å²) < 4.78 is 5.42. The number of hydrogen-bond donors (Lipinski definition) is 3. The molecule has 6 heteroatoms. The molecule has 0 heterocycles. The van der Waals surface area contributed by atoms with Crippen molar-refractivity contribution in [3.63, 3.8) is 0 Å². The number of thiocarbonyl (C=S) groups is 1. The molecule has 24 heavy (non-hydrogen) atoms. The van der Waals surface area contributed by atoms with E-state index in [1.54, 1.807) is 24.3 Å². The molecule has 0 spiro atoms. The predicted octanol–water partition coefficient (Wildman–Crippen LogP) is 2.63. The number of rotatable bonds is 6. The number of aliphatic hydroxyl groups is 1. The van der Waals surface area contributed by atoms with Crippen LogP contribution in [-0.2, 0) is 17.8 Å². The third-order valence-electron chi connectivity index (χ3n) is 3.32. The lowest BCUT2D eigenvalue weighted by Crippen LogP contribution is -2.37. The number of benzene rings is 2. The molecule has 0 radical (unpaired) electrons. The van der Waals surface area contributed by atoms with Crippen molar-refractivity contribution < 1.29 is 14.6 Å². The van der Waals surface area contributed by atoms with Crippen LogP contribution in [0, 0.1) is 0 Å². The van der Waals surface area contributed by atoms with Gasteiger partial charge in [-0.1, -0.05) is 31.2 Å². The van der Waals surface area contributed by atoms with Crippen LogP contribution in [-0.4, -0.2) is 22.7 Å². The SMILES string of the molecule is CCc1ccc(OCC(=O)NC(=S)Nc2cccc(CO)c2)cc1. The van der Waals surface area contributed by atoms with Gasteiger partial charge in [-0.15, -0.1) is 0 Å². The molecular weight excluding hydrogens is 324 g/mol. The van der Waals surface area contributed by atoms with Crippen molar-refractivity contribution in [2.75, 3.05) is 11.9 Å². The summed E-state index contributed by atoms with van der Waals surface area (Å²) in [5, 5.41) is 14.7. The Kier molecular flexibility index (Phi) is 6.72. The molecule has 0 aliphatic carbocycles. The van der Waals surface area contributed by atoms with Crippen LogP contribution in [0.1, 0.15) is 18.1 Å². The average molecular weight is 344 g/mol. The van der Waals surface area contributed by atoms with Gasteiger partial charge in [0, 0.05) is 5.69 Å². The first-order valence-electron chi connectivity index (χ1n) is 7.63. The van der Waals surface area contributed by atoms with Crippen molar-refractivity contribution in [1.29, 1.82) is 0 Å². The van der Waals surface area contributed by atoms with E-state index in [9.17, 15) is 4.79 Å². The number of nitrogens with one attached hydrogen (secondary N) is 2. The van der Waals surface area contributed by atoms with Crippen LogP contribution in [0.15, 0.2) is 48.5 Å². The van der Waals surface area contributed by atoms with Crippen LogP contribution >= 0.6 is 12.2 Å². The molecule has 0 aliphatic rings. The third kappa shape index (κ3) is 5.64. The first-order valence-corrected chi connectivity index (χ1v) is 8.04. The molecule has 0 bridgehead atoms. The molecule has 1 amide bonds. The van der Waals surface area contributed by atoms with E-state index >= 15 is 0 Å². The smallest absolute Gasteiger partial charge is 0.264 e. The fourth-order valence-electron chi connectivity index (χ4n) is 2.04. The van der Waals surface area contributed by atoms with E-state index in [1.165, 1.54) is 5.56 Å². The Balaban J connectivity index is 1.79. The summed E-state index contributed by atoms with van der Waals surface area (Å²) in [5.41, 5.74) is 2.66. The minimum Gasteiger partial charge on any atom is -0.484 e. The van der Waals surface area contributed by atoms with Crippen LogP contribution in [0.5, 0.6) is 5.75 Å². The summed E-state index contributed by atoms with van der Waals surface area (Å²) in [6.45, 7) is 1.90. The van der Waals surface area contributed by atoms with Crippen molar-refractivity contribution in [3.8, 4) is 5.75 Å². The summed E-state index contributed by atoms with van der Waals surface area (Å²) in [7, 11) is 0. The zero-order valence-corrected chi connectivity index (χ0v) is 14.2. The fourth-order valence-corrected chi connectivity index (χ4v) is 2.27. The first kappa shape index (κ1) is 17.9. The topological polar surface area (TPSA) is 70.6 Å². The number of carbonyl (C=O) groups excluding carboxylic acids is 1. The van der Waals surface area contributed by atoms with E-state index in [0.717, 1.165) is 12.0 Å². The number of anilines is 1. The van der Waals surface area contributed by atoms with E-state index in [4.69, 9.17) is 22.1 Å². The van der Waals surface area contributed by atoms with E-state index < -0.39 is 0 Å². The molecule has 126 valence electrons. The van der Waals surface area contributed by atoms with E-state index in [-0.39, 0.29) is 24.2 Å². The minimum atomic E-state index is -0.342. The summed E-state index contributed by atoms with van der Waals surface area (Å²) in [4.78, 5) is 11.9. The van der Waals surface area contributed by atoms with E-state index in [0.29, 0.717) is 11.4 Å². The maximum Gasteiger partial charge on any atom is 0.264 e. The number of aliphatic hydroxyl groups excluding tert-OH is 1. The molecule has 0 aliphatic heterocycles. The molecule has 0 saturated heterocycles. The average Bonchev–Trinajstić information content (AvgIpc) is 2.60. The number of ether oxygens (including phenoxy) is 1. The summed E-state index contributed by atoms with van der Waals surface area (Å²) in [6, 6.07) is 14.7. The highest BCUT2D eigenvalue weighted by atomic mass is 32.1. The highest BCUT2D eigenvalue weighted by Crippen LogP contribution is 2.12. The van der Waals surface area contributed by atoms with Crippen molar-refractivity contribution in [3.05, 3.63) is 59.7 Å². The number of aryl methyl sites for hydroxylation is 1. The van der Waals surface area contributed by atoms with Gasteiger partial charge in [0.1, 0.15) is 5.75 Å².